The molecule has 2 aliphatic carbocycles. The number of hydrogen-bond acceptors (Lipinski definition) is 7. The highest BCUT2D eigenvalue weighted by Crippen LogP contribution is 2.66. The number of rotatable bonds is 6. The maximum atomic E-state index is 12.5. The summed E-state index contributed by atoms with van der Waals surface area (Å²) in [4.78, 5) is 17.3. The molecule has 4 rings (SSSR count). The number of benzene rings is 1. The molecule has 0 unspecified atom stereocenters. The number of carbonyl (C=O) groups is 1. The number of aromatic nitrogens is 3. The zero-order chi connectivity index (χ0) is 20.8. The van der Waals surface area contributed by atoms with Crippen molar-refractivity contribution in [2.75, 3.05) is 25.3 Å². The number of hydrogen-bond donors (Lipinski definition) is 1. The van der Waals surface area contributed by atoms with Gasteiger partial charge in [0.2, 0.25) is 11.1 Å². The van der Waals surface area contributed by atoms with E-state index in [0.29, 0.717) is 28.3 Å². The Hall–Kier alpha value is -2.35. The van der Waals surface area contributed by atoms with E-state index in [-0.39, 0.29) is 22.5 Å². The van der Waals surface area contributed by atoms with Gasteiger partial charge in [0, 0.05) is 17.4 Å². The van der Waals surface area contributed by atoms with Gasteiger partial charge in [-0.05, 0) is 30.4 Å². The number of carbonyl (C=O) groups excluding carboxylic acids is 1. The zero-order valence-corrected chi connectivity index (χ0v) is 18.2. The Balaban J connectivity index is 1.46. The van der Waals surface area contributed by atoms with Gasteiger partial charge in [-0.25, -0.2) is 4.98 Å². The normalized spacial score (nSPS) is 23.6. The van der Waals surface area contributed by atoms with Crippen LogP contribution in [0, 0.1) is 5.41 Å². The lowest BCUT2D eigenvalue weighted by atomic mass is 9.70. The third-order valence-electron chi connectivity index (χ3n) is 6.79. The molecule has 0 radical (unpaired) electrons. The largest absolute Gasteiger partial charge is 0.497 e. The number of nitrogens with zero attached hydrogens (tertiary/aromatic N) is 3. The standard InChI is InChI=1S/C21H26N4O3S/c1-20(2)13-8-9-21(20,3)18-17(13)24-25-19(23-18)29-11-16(26)22-14-10-12(27-4)6-7-15(14)28-5/h6-7,10,13H,8-9,11H2,1-5H3,(H,22,26)/t13-,21-/m0/s1. The minimum Gasteiger partial charge on any atom is -0.497 e. The lowest BCUT2D eigenvalue weighted by Gasteiger charge is -2.33. The smallest absolute Gasteiger partial charge is 0.234 e. The van der Waals surface area contributed by atoms with Crippen LogP contribution in [0.5, 0.6) is 11.5 Å². The second-order valence-corrected chi connectivity index (χ2v) is 9.32. The van der Waals surface area contributed by atoms with Crippen LogP contribution in [0.25, 0.3) is 0 Å². The molecule has 1 saturated carbocycles. The third kappa shape index (κ3) is 3.13. The number of amides is 1. The molecule has 7 nitrogen and oxygen atoms in total. The molecule has 1 N–H and O–H groups in total. The highest BCUT2D eigenvalue weighted by molar-refractivity contribution is 7.99. The molecule has 0 spiro atoms. The fourth-order valence-corrected chi connectivity index (χ4v) is 5.24. The molecule has 2 aliphatic rings. The number of thioether (sulfide) groups is 1. The maximum absolute atomic E-state index is 12.5. The van der Waals surface area contributed by atoms with E-state index in [1.807, 2.05) is 0 Å². The van der Waals surface area contributed by atoms with Crippen molar-refractivity contribution in [1.82, 2.24) is 15.2 Å². The lowest BCUT2D eigenvalue weighted by Crippen LogP contribution is -2.32. The van der Waals surface area contributed by atoms with E-state index >= 15 is 0 Å². The van der Waals surface area contributed by atoms with E-state index in [9.17, 15) is 4.79 Å². The van der Waals surface area contributed by atoms with Crippen molar-refractivity contribution in [3.05, 3.63) is 29.6 Å². The number of anilines is 1. The van der Waals surface area contributed by atoms with Crippen molar-refractivity contribution < 1.29 is 14.3 Å². The Morgan fingerprint density at radius 3 is 2.76 bits per heavy atom. The first-order chi connectivity index (χ1) is 13.8. The van der Waals surface area contributed by atoms with Crippen LogP contribution in [0.1, 0.15) is 50.9 Å². The Kier molecular flexibility index (Phi) is 4.93. The number of ether oxygens (including phenoxy) is 2. The second-order valence-electron chi connectivity index (χ2n) is 8.38. The molecule has 1 aromatic heterocycles. The predicted octanol–water partition coefficient (Wildman–Crippen LogP) is 3.79. The van der Waals surface area contributed by atoms with Gasteiger partial charge in [0.1, 0.15) is 11.5 Å². The Bertz CT molecular complexity index is 965. The van der Waals surface area contributed by atoms with E-state index in [1.165, 1.54) is 11.8 Å². The molecule has 1 heterocycles. The molecular formula is C21H26N4O3S. The quantitative estimate of drug-likeness (QED) is 0.720. The topological polar surface area (TPSA) is 86.2 Å². The highest BCUT2D eigenvalue weighted by atomic mass is 32.2. The van der Waals surface area contributed by atoms with Gasteiger partial charge in [-0.15, -0.1) is 5.10 Å². The summed E-state index contributed by atoms with van der Waals surface area (Å²) in [5.41, 5.74) is 2.83. The SMILES string of the molecule is COc1ccc(OC)c(NC(=O)CSc2nnc3c(n2)[C@]2(C)CC[C@@H]3C2(C)C)c1. The molecule has 1 aromatic carbocycles. The van der Waals surface area contributed by atoms with Gasteiger partial charge >= 0.3 is 0 Å². The number of nitrogens with one attached hydrogen (secondary N) is 1. The average Bonchev–Trinajstić information content (AvgIpc) is 3.04. The Morgan fingerprint density at radius 2 is 2.03 bits per heavy atom. The molecule has 154 valence electrons. The van der Waals surface area contributed by atoms with Crippen molar-refractivity contribution in [2.24, 2.45) is 5.41 Å². The van der Waals surface area contributed by atoms with E-state index in [2.05, 4.69) is 36.3 Å². The van der Waals surface area contributed by atoms with Crippen molar-refractivity contribution in [1.29, 1.82) is 0 Å². The van der Waals surface area contributed by atoms with E-state index < -0.39 is 0 Å². The van der Waals surface area contributed by atoms with Crippen LogP contribution in [0.3, 0.4) is 0 Å². The summed E-state index contributed by atoms with van der Waals surface area (Å²) in [6, 6.07) is 5.27. The van der Waals surface area contributed by atoms with Crippen LogP contribution in [-0.4, -0.2) is 41.1 Å². The van der Waals surface area contributed by atoms with Crippen molar-refractivity contribution in [3.63, 3.8) is 0 Å². The molecule has 2 atom stereocenters. The summed E-state index contributed by atoms with van der Waals surface area (Å²) in [5, 5.41) is 12.2. The first-order valence-electron chi connectivity index (χ1n) is 9.70. The van der Waals surface area contributed by atoms with Gasteiger partial charge < -0.3 is 14.8 Å². The average molecular weight is 415 g/mol. The summed E-state index contributed by atoms with van der Waals surface area (Å²) < 4.78 is 10.5. The molecule has 8 heteroatoms. The molecule has 1 fully saturated rings. The van der Waals surface area contributed by atoms with Crippen LogP contribution in [0.15, 0.2) is 23.4 Å². The molecule has 1 amide bonds. The van der Waals surface area contributed by atoms with E-state index in [4.69, 9.17) is 14.5 Å². The van der Waals surface area contributed by atoms with Gasteiger partial charge in [0.15, 0.2) is 0 Å². The van der Waals surface area contributed by atoms with E-state index in [1.54, 1.807) is 32.4 Å². The Morgan fingerprint density at radius 1 is 1.24 bits per heavy atom. The number of methoxy groups -OCH3 is 2. The molecular weight excluding hydrogens is 388 g/mol. The van der Waals surface area contributed by atoms with Crippen molar-refractivity contribution in [3.8, 4) is 11.5 Å². The minimum atomic E-state index is -0.168. The monoisotopic (exact) mass is 414 g/mol. The second kappa shape index (κ2) is 7.16. The van der Waals surface area contributed by atoms with Crippen LogP contribution in [-0.2, 0) is 10.2 Å². The van der Waals surface area contributed by atoms with Gasteiger partial charge in [0.05, 0.1) is 37.0 Å². The van der Waals surface area contributed by atoms with Crippen LogP contribution in [0.2, 0.25) is 0 Å². The molecule has 0 saturated heterocycles. The summed E-state index contributed by atoms with van der Waals surface area (Å²) in [6.45, 7) is 6.88. The van der Waals surface area contributed by atoms with Crippen LogP contribution < -0.4 is 14.8 Å². The fourth-order valence-electron chi connectivity index (χ4n) is 4.65. The first kappa shape index (κ1) is 19.9. The van der Waals surface area contributed by atoms with E-state index in [0.717, 1.165) is 24.2 Å². The highest BCUT2D eigenvalue weighted by Gasteiger charge is 2.61. The summed E-state index contributed by atoms with van der Waals surface area (Å²) >= 11 is 1.29. The number of fused-ring (bicyclic) bond motifs is 5. The molecule has 2 bridgehead atoms. The van der Waals surface area contributed by atoms with Gasteiger partial charge in [-0.2, -0.15) is 5.10 Å². The first-order valence-corrected chi connectivity index (χ1v) is 10.7. The molecule has 0 aliphatic heterocycles. The van der Waals surface area contributed by atoms with Gasteiger partial charge in [0.25, 0.3) is 0 Å². The minimum absolute atomic E-state index is 0.0223. The van der Waals surface area contributed by atoms with Crippen molar-refractivity contribution in [2.45, 2.75) is 50.1 Å². The van der Waals surface area contributed by atoms with Gasteiger partial charge in [-0.3, -0.25) is 4.79 Å². The molecule has 29 heavy (non-hydrogen) atoms. The lowest BCUT2D eigenvalue weighted by molar-refractivity contribution is -0.113. The van der Waals surface area contributed by atoms with Gasteiger partial charge in [-0.1, -0.05) is 32.5 Å². The fraction of sp³-hybridized carbons (Fsp3) is 0.524. The van der Waals surface area contributed by atoms with Crippen LogP contribution >= 0.6 is 11.8 Å². The third-order valence-corrected chi connectivity index (χ3v) is 7.62. The predicted molar refractivity (Wildman–Crippen MR) is 112 cm³/mol. The van der Waals surface area contributed by atoms with Crippen molar-refractivity contribution >= 4 is 23.4 Å². The summed E-state index contributed by atoms with van der Waals surface area (Å²) in [6.07, 6.45) is 2.26. The van der Waals surface area contributed by atoms with Crippen LogP contribution in [0.4, 0.5) is 5.69 Å². The summed E-state index contributed by atoms with van der Waals surface area (Å²) in [5.74, 6) is 1.66. The Labute approximate surface area is 175 Å². The molecule has 2 aromatic rings. The maximum Gasteiger partial charge on any atom is 0.234 e. The summed E-state index contributed by atoms with van der Waals surface area (Å²) in [7, 11) is 3.14. The zero-order valence-electron chi connectivity index (χ0n) is 17.4.